The SMILES string of the molecule is CC(C)C(N)CC(=O)Cl. The van der Waals surface area contributed by atoms with Crippen LogP contribution in [0.1, 0.15) is 20.3 Å². The molecule has 2 N–H and O–H groups in total. The molecule has 0 saturated carbocycles. The molecule has 0 saturated heterocycles. The van der Waals surface area contributed by atoms with Crippen molar-refractivity contribution in [2.45, 2.75) is 26.3 Å². The average Bonchev–Trinajstić information content (AvgIpc) is 1.63. The van der Waals surface area contributed by atoms with Gasteiger partial charge in [-0.1, -0.05) is 13.8 Å². The molecule has 0 rings (SSSR count). The van der Waals surface area contributed by atoms with E-state index < -0.39 is 0 Å². The van der Waals surface area contributed by atoms with Crippen molar-refractivity contribution >= 4 is 16.8 Å². The van der Waals surface area contributed by atoms with E-state index in [0.29, 0.717) is 5.92 Å². The minimum absolute atomic E-state index is 0.0880. The van der Waals surface area contributed by atoms with Gasteiger partial charge >= 0.3 is 0 Å². The van der Waals surface area contributed by atoms with E-state index in [1.54, 1.807) is 0 Å². The van der Waals surface area contributed by atoms with E-state index in [1.165, 1.54) is 0 Å². The van der Waals surface area contributed by atoms with E-state index in [0.717, 1.165) is 0 Å². The van der Waals surface area contributed by atoms with Crippen LogP contribution in [0.15, 0.2) is 0 Å². The van der Waals surface area contributed by atoms with Crippen LogP contribution in [-0.2, 0) is 4.79 Å². The summed E-state index contributed by atoms with van der Waals surface area (Å²) in [6, 6.07) is -0.0880. The molecular formula is C6H12ClNO. The van der Waals surface area contributed by atoms with Crippen LogP contribution in [0.5, 0.6) is 0 Å². The molecular weight excluding hydrogens is 138 g/mol. The Hall–Kier alpha value is -0.0800. The predicted octanol–water partition coefficient (Wildman–Crippen LogP) is 1.13. The Bertz CT molecular complexity index is 103. The molecule has 9 heavy (non-hydrogen) atoms. The van der Waals surface area contributed by atoms with Crippen LogP contribution in [0.4, 0.5) is 0 Å². The first kappa shape index (κ1) is 8.92. The van der Waals surface area contributed by atoms with Crippen molar-refractivity contribution in [1.82, 2.24) is 0 Å². The van der Waals surface area contributed by atoms with Gasteiger partial charge in [0.2, 0.25) is 5.24 Å². The average molecular weight is 150 g/mol. The third-order valence-corrected chi connectivity index (χ3v) is 1.41. The number of halogens is 1. The number of nitrogens with two attached hydrogens (primary N) is 1. The van der Waals surface area contributed by atoms with Crippen LogP contribution >= 0.6 is 11.6 Å². The van der Waals surface area contributed by atoms with Crippen molar-refractivity contribution in [3.8, 4) is 0 Å². The van der Waals surface area contributed by atoms with E-state index >= 15 is 0 Å². The maximum atomic E-state index is 10.2. The van der Waals surface area contributed by atoms with Crippen molar-refractivity contribution in [2.24, 2.45) is 11.7 Å². The van der Waals surface area contributed by atoms with Crippen LogP contribution in [0, 0.1) is 5.92 Å². The summed E-state index contributed by atoms with van der Waals surface area (Å²) in [5, 5.41) is -0.351. The molecule has 2 nitrogen and oxygen atoms in total. The van der Waals surface area contributed by atoms with Gasteiger partial charge in [0, 0.05) is 12.5 Å². The first-order chi connectivity index (χ1) is 4.04. The lowest BCUT2D eigenvalue weighted by Gasteiger charge is -2.11. The summed E-state index contributed by atoms with van der Waals surface area (Å²) in [5.74, 6) is 0.327. The van der Waals surface area contributed by atoms with E-state index in [4.69, 9.17) is 17.3 Å². The molecule has 0 aromatic rings. The first-order valence-corrected chi connectivity index (χ1v) is 3.35. The molecule has 0 aromatic carbocycles. The van der Waals surface area contributed by atoms with Gasteiger partial charge in [0.05, 0.1) is 0 Å². The molecule has 0 radical (unpaired) electrons. The van der Waals surface area contributed by atoms with Gasteiger partial charge in [0.1, 0.15) is 0 Å². The monoisotopic (exact) mass is 149 g/mol. The zero-order chi connectivity index (χ0) is 7.44. The fourth-order valence-electron chi connectivity index (χ4n) is 0.421. The molecule has 0 aromatic heterocycles. The van der Waals surface area contributed by atoms with Gasteiger partial charge in [-0.05, 0) is 17.5 Å². The largest absolute Gasteiger partial charge is 0.327 e. The highest BCUT2D eigenvalue weighted by Crippen LogP contribution is 2.04. The number of hydrogen-bond donors (Lipinski definition) is 1. The highest BCUT2D eigenvalue weighted by Gasteiger charge is 2.10. The van der Waals surface area contributed by atoms with Crippen LogP contribution in [-0.4, -0.2) is 11.3 Å². The topological polar surface area (TPSA) is 43.1 Å². The van der Waals surface area contributed by atoms with Gasteiger partial charge in [-0.25, -0.2) is 0 Å². The molecule has 1 unspecified atom stereocenters. The minimum Gasteiger partial charge on any atom is -0.327 e. The van der Waals surface area contributed by atoms with E-state index in [1.807, 2.05) is 13.8 Å². The van der Waals surface area contributed by atoms with Crippen molar-refractivity contribution in [3.63, 3.8) is 0 Å². The molecule has 0 spiro atoms. The second-order valence-corrected chi connectivity index (χ2v) is 2.89. The van der Waals surface area contributed by atoms with Crippen LogP contribution in [0.2, 0.25) is 0 Å². The minimum atomic E-state index is -0.351. The lowest BCUT2D eigenvalue weighted by Crippen LogP contribution is -2.27. The Balaban J connectivity index is 3.50. The fraction of sp³-hybridized carbons (Fsp3) is 0.833. The third kappa shape index (κ3) is 4.43. The summed E-state index contributed by atoms with van der Waals surface area (Å²) < 4.78 is 0. The Morgan fingerprint density at radius 2 is 2.11 bits per heavy atom. The molecule has 0 bridgehead atoms. The van der Waals surface area contributed by atoms with E-state index in [9.17, 15) is 4.79 Å². The normalized spacial score (nSPS) is 13.9. The molecule has 0 aliphatic carbocycles. The van der Waals surface area contributed by atoms with Gasteiger partial charge in [-0.3, -0.25) is 4.79 Å². The maximum absolute atomic E-state index is 10.2. The first-order valence-electron chi connectivity index (χ1n) is 2.98. The highest BCUT2D eigenvalue weighted by atomic mass is 35.5. The Kier molecular flexibility index (Phi) is 3.82. The molecule has 1 atom stereocenters. The highest BCUT2D eigenvalue weighted by molar-refractivity contribution is 6.63. The van der Waals surface area contributed by atoms with Crippen molar-refractivity contribution < 1.29 is 4.79 Å². The molecule has 3 heteroatoms. The number of rotatable bonds is 3. The van der Waals surface area contributed by atoms with Gasteiger partial charge in [-0.2, -0.15) is 0 Å². The van der Waals surface area contributed by atoms with Crippen LogP contribution < -0.4 is 5.73 Å². The lowest BCUT2D eigenvalue weighted by atomic mass is 10.0. The summed E-state index contributed by atoms with van der Waals surface area (Å²) in [5.41, 5.74) is 5.51. The van der Waals surface area contributed by atoms with Gasteiger partial charge in [0.15, 0.2) is 0 Å². The Morgan fingerprint density at radius 3 is 2.22 bits per heavy atom. The van der Waals surface area contributed by atoms with Crippen LogP contribution in [0.3, 0.4) is 0 Å². The second-order valence-electron chi connectivity index (χ2n) is 2.47. The molecule has 0 fully saturated rings. The zero-order valence-corrected chi connectivity index (χ0v) is 6.48. The number of carbonyl (C=O) groups is 1. The smallest absolute Gasteiger partial charge is 0.223 e. The van der Waals surface area contributed by atoms with Gasteiger partial charge in [-0.15, -0.1) is 0 Å². The summed E-state index contributed by atoms with van der Waals surface area (Å²) in [6.45, 7) is 3.93. The Morgan fingerprint density at radius 1 is 1.67 bits per heavy atom. The van der Waals surface area contributed by atoms with Crippen molar-refractivity contribution in [2.75, 3.05) is 0 Å². The standard InChI is InChI=1S/C6H12ClNO/c1-4(2)5(8)3-6(7)9/h4-5H,3,8H2,1-2H3. The summed E-state index contributed by atoms with van der Waals surface area (Å²) in [6.07, 6.45) is 0.277. The Labute approximate surface area is 60.4 Å². The fourth-order valence-corrected chi connectivity index (χ4v) is 0.599. The van der Waals surface area contributed by atoms with E-state index in [2.05, 4.69) is 0 Å². The molecule has 0 aliphatic heterocycles. The quantitative estimate of drug-likeness (QED) is 0.612. The number of hydrogen-bond acceptors (Lipinski definition) is 2. The zero-order valence-electron chi connectivity index (χ0n) is 5.73. The van der Waals surface area contributed by atoms with E-state index in [-0.39, 0.29) is 17.7 Å². The molecule has 0 amide bonds. The van der Waals surface area contributed by atoms with Crippen molar-refractivity contribution in [1.29, 1.82) is 0 Å². The third-order valence-electron chi connectivity index (χ3n) is 1.25. The molecule has 54 valence electrons. The second kappa shape index (κ2) is 3.85. The molecule has 0 aliphatic rings. The summed E-state index contributed by atoms with van der Waals surface area (Å²) in [7, 11) is 0. The van der Waals surface area contributed by atoms with Gasteiger partial charge < -0.3 is 5.73 Å². The number of carbonyl (C=O) groups excluding carboxylic acids is 1. The van der Waals surface area contributed by atoms with Crippen LogP contribution in [0.25, 0.3) is 0 Å². The summed E-state index contributed by atoms with van der Waals surface area (Å²) in [4.78, 5) is 10.2. The summed E-state index contributed by atoms with van der Waals surface area (Å²) >= 11 is 5.10. The molecule has 0 heterocycles. The lowest BCUT2D eigenvalue weighted by molar-refractivity contribution is -0.112. The van der Waals surface area contributed by atoms with Gasteiger partial charge in [0.25, 0.3) is 0 Å². The predicted molar refractivity (Wildman–Crippen MR) is 38.3 cm³/mol. The van der Waals surface area contributed by atoms with Crippen molar-refractivity contribution in [3.05, 3.63) is 0 Å². The maximum Gasteiger partial charge on any atom is 0.223 e.